The Bertz CT molecular complexity index is 872. The molecule has 0 spiro atoms. The van der Waals surface area contributed by atoms with E-state index in [4.69, 9.17) is 0 Å². The molecule has 0 aliphatic heterocycles. The number of carboxylic acid groups (broad SMARTS) is 1. The van der Waals surface area contributed by atoms with Crippen LogP contribution in [0.2, 0.25) is 0 Å². The van der Waals surface area contributed by atoms with E-state index in [1.54, 1.807) is 0 Å². The Morgan fingerprint density at radius 2 is 1.13 bits per heavy atom. The summed E-state index contributed by atoms with van der Waals surface area (Å²) in [5.74, 6) is -1.25. The van der Waals surface area contributed by atoms with Crippen LogP contribution in [0.5, 0.6) is 0 Å². The third-order valence-electron chi connectivity index (χ3n) is 5.27. The number of benzene rings is 3. The lowest BCUT2D eigenvalue weighted by Gasteiger charge is -2.35. The van der Waals surface area contributed by atoms with Gasteiger partial charge >= 0.3 is 5.97 Å². The molecule has 0 heterocycles. The lowest BCUT2D eigenvalue weighted by molar-refractivity contribution is -0.142. The van der Waals surface area contributed by atoms with E-state index >= 15 is 0 Å². The minimum Gasteiger partial charge on any atom is -0.480 e. The van der Waals surface area contributed by atoms with Crippen LogP contribution in [-0.2, 0) is 15.0 Å². The van der Waals surface area contributed by atoms with Crippen LogP contribution < -0.4 is 5.32 Å². The predicted octanol–water partition coefficient (Wildman–Crippen LogP) is 4.64. The summed E-state index contributed by atoms with van der Waals surface area (Å²) in [7, 11) is 0. The van der Waals surface area contributed by atoms with Crippen LogP contribution in [0.15, 0.2) is 91.0 Å². The highest BCUT2D eigenvalue weighted by Gasteiger charge is 2.44. The van der Waals surface area contributed by atoms with Crippen LogP contribution in [0.1, 0.15) is 37.0 Å². The maximum atomic E-state index is 14.0. The Labute approximate surface area is 177 Å². The fraction of sp³-hybridized carbons (Fsp3) is 0.231. The second-order valence-corrected chi connectivity index (χ2v) is 7.84. The van der Waals surface area contributed by atoms with Gasteiger partial charge in [0, 0.05) is 0 Å². The fourth-order valence-corrected chi connectivity index (χ4v) is 3.92. The number of carboxylic acids is 1. The van der Waals surface area contributed by atoms with Crippen LogP contribution in [-0.4, -0.2) is 23.0 Å². The van der Waals surface area contributed by atoms with Crippen molar-refractivity contribution >= 4 is 11.9 Å². The van der Waals surface area contributed by atoms with E-state index in [9.17, 15) is 14.7 Å². The van der Waals surface area contributed by atoms with Gasteiger partial charge in [0.1, 0.15) is 11.5 Å². The molecular formula is C26H27NO3. The SMILES string of the molecule is CC(C)C[C@H](NC(=O)C(c1ccccc1)(c1ccccc1)c1ccccc1)C(=O)O. The quantitative estimate of drug-likeness (QED) is 0.541. The van der Waals surface area contributed by atoms with Crippen molar-refractivity contribution in [2.24, 2.45) is 5.92 Å². The van der Waals surface area contributed by atoms with Crippen molar-refractivity contribution in [2.45, 2.75) is 31.7 Å². The number of amides is 1. The zero-order chi connectivity index (χ0) is 21.6. The van der Waals surface area contributed by atoms with Gasteiger partial charge in [0.25, 0.3) is 0 Å². The summed E-state index contributed by atoms with van der Waals surface area (Å²) in [6, 6.07) is 27.6. The second kappa shape index (κ2) is 9.40. The Morgan fingerprint density at radius 3 is 1.43 bits per heavy atom. The zero-order valence-corrected chi connectivity index (χ0v) is 17.3. The van der Waals surface area contributed by atoms with Crippen molar-refractivity contribution in [2.75, 3.05) is 0 Å². The molecule has 0 aliphatic carbocycles. The molecule has 4 heteroatoms. The summed E-state index contributed by atoms with van der Waals surface area (Å²) < 4.78 is 0. The number of rotatable bonds is 8. The van der Waals surface area contributed by atoms with Gasteiger partial charge in [-0.2, -0.15) is 0 Å². The highest BCUT2D eigenvalue weighted by Crippen LogP contribution is 2.39. The number of nitrogens with one attached hydrogen (secondary N) is 1. The van der Waals surface area contributed by atoms with Gasteiger partial charge in [-0.1, -0.05) is 105 Å². The molecule has 1 amide bonds. The number of hydrogen-bond donors (Lipinski definition) is 2. The van der Waals surface area contributed by atoms with E-state index in [1.165, 1.54) is 0 Å². The molecule has 4 nitrogen and oxygen atoms in total. The van der Waals surface area contributed by atoms with E-state index in [1.807, 2.05) is 105 Å². The van der Waals surface area contributed by atoms with Crippen molar-refractivity contribution in [3.63, 3.8) is 0 Å². The number of carbonyl (C=O) groups is 2. The molecule has 0 aliphatic rings. The third kappa shape index (κ3) is 4.28. The van der Waals surface area contributed by atoms with Crippen LogP contribution in [0.3, 0.4) is 0 Å². The average molecular weight is 402 g/mol. The third-order valence-corrected chi connectivity index (χ3v) is 5.27. The number of carbonyl (C=O) groups excluding carboxylic acids is 1. The van der Waals surface area contributed by atoms with Gasteiger partial charge in [-0.25, -0.2) is 4.79 Å². The van der Waals surface area contributed by atoms with Gasteiger partial charge in [-0.15, -0.1) is 0 Å². The summed E-state index contributed by atoms with van der Waals surface area (Å²) in [5, 5.41) is 12.6. The Balaban J connectivity index is 2.23. The summed E-state index contributed by atoms with van der Waals surface area (Å²) in [4.78, 5) is 25.9. The fourth-order valence-electron chi connectivity index (χ4n) is 3.92. The first-order valence-corrected chi connectivity index (χ1v) is 10.2. The molecule has 3 rings (SSSR count). The van der Waals surface area contributed by atoms with E-state index in [-0.39, 0.29) is 11.8 Å². The topological polar surface area (TPSA) is 66.4 Å². The summed E-state index contributed by atoms with van der Waals surface area (Å²) in [6.07, 6.45) is 0.357. The lowest BCUT2D eigenvalue weighted by atomic mass is 9.68. The van der Waals surface area contributed by atoms with E-state index in [2.05, 4.69) is 5.32 Å². The van der Waals surface area contributed by atoms with Gasteiger partial charge in [0.15, 0.2) is 0 Å². The van der Waals surface area contributed by atoms with Crippen molar-refractivity contribution in [3.05, 3.63) is 108 Å². The molecule has 0 fully saturated rings. The van der Waals surface area contributed by atoms with Crippen molar-refractivity contribution in [1.82, 2.24) is 5.32 Å². The maximum Gasteiger partial charge on any atom is 0.326 e. The van der Waals surface area contributed by atoms with Gasteiger partial charge in [-0.05, 0) is 29.0 Å². The first kappa shape index (κ1) is 21.3. The van der Waals surface area contributed by atoms with Gasteiger partial charge in [-0.3, -0.25) is 4.79 Å². The zero-order valence-electron chi connectivity index (χ0n) is 17.3. The van der Waals surface area contributed by atoms with Crippen LogP contribution in [0, 0.1) is 5.92 Å². The molecule has 0 saturated carbocycles. The number of hydrogen-bond acceptors (Lipinski definition) is 2. The van der Waals surface area contributed by atoms with Crippen molar-refractivity contribution in [3.8, 4) is 0 Å². The second-order valence-electron chi connectivity index (χ2n) is 7.84. The molecule has 3 aromatic carbocycles. The highest BCUT2D eigenvalue weighted by molar-refractivity contribution is 5.98. The molecular weight excluding hydrogens is 374 g/mol. The van der Waals surface area contributed by atoms with Crippen molar-refractivity contribution < 1.29 is 14.7 Å². The molecule has 154 valence electrons. The molecule has 0 unspecified atom stereocenters. The molecule has 2 N–H and O–H groups in total. The first-order chi connectivity index (χ1) is 14.5. The summed E-state index contributed by atoms with van der Waals surface area (Å²) in [6.45, 7) is 3.89. The number of aliphatic carboxylic acids is 1. The highest BCUT2D eigenvalue weighted by atomic mass is 16.4. The Kier molecular flexibility index (Phi) is 6.68. The molecule has 30 heavy (non-hydrogen) atoms. The molecule has 0 radical (unpaired) electrons. The lowest BCUT2D eigenvalue weighted by Crippen LogP contribution is -2.52. The van der Waals surface area contributed by atoms with Gasteiger partial charge in [0.2, 0.25) is 5.91 Å². The van der Waals surface area contributed by atoms with Crippen LogP contribution in [0.25, 0.3) is 0 Å². The van der Waals surface area contributed by atoms with Crippen LogP contribution in [0.4, 0.5) is 0 Å². The monoisotopic (exact) mass is 401 g/mol. The molecule has 1 atom stereocenters. The van der Waals surface area contributed by atoms with Crippen molar-refractivity contribution in [1.29, 1.82) is 0 Å². The summed E-state index contributed by atoms with van der Waals surface area (Å²) >= 11 is 0. The molecule has 0 aromatic heterocycles. The minimum absolute atomic E-state index is 0.131. The van der Waals surface area contributed by atoms with E-state index < -0.39 is 17.4 Å². The smallest absolute Gasteiger partial charge is 0.326 e. The maximum absolute atomic E-state index is 14.0. The molecule has 0 bridgehead atoms. The Morgan fingerprint density at radius 1 is 0.767 bits per heavy atom. The van der Waals surface area contributed by atoms with E-state index in [0.717, 1.165) is 16.7 Å². The minimum atomic E-state index is -1.17. The predicted molar refractivity (Wildman–Crippen MR) is 118 cm³/mol. The van der Waals surface area contributed by atoms with E-state index in [0.29, 0.717) is 6.42 Å². The van der Waals surface area contributed by atoms with Gasteiger partial charge in [0.05, 0.1) is 0 Å². The summed E-state index contributed by atoms with van der Waals surface area (Å²) in [5.41, 5.74) is 1.19. The Hall–Kier alpha value is -3.40. The normalized spacial score (nSPS) is 12.4. The van der Waals surface area contributed by atoms with Gasteiger partial charge < -0.3 is 10.4 Å². The largest absolute Gasteiger partial charge is 0.480 e. The molecule has 0 saturated heterocycles. The first-order valence-electron chi connectivity index (χ1n) is 10.2. The average Bonchev–Trinajstić information content (AvgIpc) is 2.76. The molecule has 3 aromatic rings. The standard InChI is InChI=1S/C26H27NO3/c1-19(2)18-23(24(28)29)27-25(30)26(20-12-6-3-7-13-20,21-14-8-4-9-15-21)22-16-10-5-11-17-22/h3-17,19,23H,18H2,1-2H3,(H,27,30)(H,28,29)/t23-/m0/s1. The van der Waals surface area contributed by atoms with Crippen LogP contribution >= 0.6 is 0 Å².